The summed E-state index contributed by atoms with van der Waals surface area (Å²) in [5.41, 5.74) is -0.335. The second-order valence-corrected chi connectivity index (χ2v) is 27.6. The Kier molecular flexibility index (Phi) is 13.2. The van der Waals surface area contributed by atoms with E-state index >= 15 is 4.39 Å². The highest BCUT2D eigenvalue weighted by molar-refractivity contribution is 8.32. The Morgan fingerprint density at radius 3 is 2.32 bits per heavy atom. The molecule has 4 N–H and O–H groups in total. The second-order valence-electron chi connectivity index (χ2n) is 17.3. The van der Waals surface area contributed by atoms with Crippen LogP contribution < -0.4 is 16.2 Å². The Morgan fingerprint density at radius 2 is 1.63 bits per heavy atom. The number of nitrogens with zero attached hydrogens (tertiary/aromatic N) is 7. The second kappa shape index (κ2) is 18.0. The molecule has 3 aliphatic heterocycles. The van der Waals surface area contributed by atoms with Crippen LogP contribution in [0.4, 0.5) is 16.2 Å². The summed E-state index contributed by atoms with van der Waals surface area (Å²) in [4.78, 5) is 74.5. The highest BCUT2D eigenvalue weighted by atomic mass is 32.7. The van der Waals surface area contributed by atoms with E-state index in [0.29, 0.717) is 5.56 Å². The maximum absolute atomic E-state index is 16.8. The number of carbonyl (C=O) groups excluding carboxylic acids is 2. The largest absolute Gasteiger partial charge is 0.660 e. The summed E-state index contributed by atoms with van der Waals surface area (Å²) in [5, 5.41) is 4.87. The van der Waals surface area contributed by atoms with Crippen molar-refractivity contribution in [3.63, 3.8) is 0 Å². The van der Waals surface area contributed by atoms with E-state index in [1.54, 1.807) is 44.2 Å². The average molecular weight is 996 g/mol. The Labute approximate surface area is 381 Å². The van der Waals surface area contributed by atoms with Gasteiger partial charge in [0.05, 0.1) is 25.9 Å². The van der Waals surface area contributed by atoms with Gasteiger partial charge in [-0.2, -0.15) is 4.98 Å². The van der Waals surface area contributed by atoms with Crippen molar-refractivity contribution < 1.29 is 55.4 Å². The molecule has 2 amide bonds. The van der Waals surface area contributed by atoms with E-state index in [1.807, 2.05) is 33.9 Å². The zero-order valence-corrected chi connectivity index (χ0v) is 40.3. The third-order valence-corrected chi connectivity index (χ3v) is 19.0. The van der Waals surface area contributed by atoms with Crippen molar-refractivity contribution in [2.24, 2.45) is 5.92 Å². The number of H-pyrrole nitrogens is 1. The number of ether oxygens (including phenoxy) is 2. The summed E-state index contributed by atoms with van der Waals surface area (Å²) in [5.74, 6) is -1.47. The lowest BCUT2D eigenvalue weighted by Gasteiger charge is -2.41. The van der Waals surface area contributed by atoms with Crippen LogP contribution in [0.3, 0.4) is 0 Å². The Bertz CT molecular complexity index is 2780. The monoisotopic (exact) mass is 995 g/mol. The smallest absolute Gasteiger partial charge is 0.325 e. The van der Waals surface area contributed by atoms with Crippen LogP contribution in [0.5, 0.6) is 0 Å². The summed E-state index contributed by atoms with van der Waals surface area (Å²) in [7, 11) is -2.78. The van der Waals surface area contributed by atoms with Crippen LogP contribution in [0.1, 0.15) is 57.4 Å². The molecule has 0 radical (unpaired) electrons. The maximum Gasteiger partial charge on any atom is 0.325 e. The lowest BCUT2D eigenvalue weighted by atomic mass is 10.1. The minimum absolute atomic E-state index is 0.0373. The summed E-state index contributed by atoms with van der Waals surface area (Å²) < 4.78 is 76.7. The van der Waals surface area contributed by atoms with Gasteiger partial charge in [0, 0.05) is 11.5 Å². The minimum Gasteiger partial charge on any atom is -0.660 e. The number of imidazole rings is 2. The van der Waals surface area contributed by atoms with E-state index in [4.69, 9.17) is 56.1 Å². The fourth-order valence-electron chi connectivity index (χ4n) is 7.04. The van der Waals surface area contributed by atoms with Crippen molar-refractivity contribution in [1.82, 2.24) is 39.0 Å². The van der Waals surface area contributed by atoms with Crippen LogP contribution >= 0.6 is 13.5 Å². The Balaban J connectivity index is 1.12. The Hall–Kier alpha value is -3.88. The lowest BCUT2D eigenvalue weighted by molar-refractivity contribution is -0.118. The van der Waals surface area contributed by atoms with Gasteiger partial charge < -0.3 is 49.9 Å². The molecule has 350 valence electrons. The van der Waals surface area contributed by atoms with Crippen LogP contribution in [-0.4, -0.2) is 114 Å². The number of carbonyl (C=O) groups is 2. The number of aromatic amines is 1. The molecule has 3 fully saturated rings. The molecule has 3 saturated heterocycles. The highest BCUT2D eigenvalue weighted by Crippen LogP contribution is 2.56. The van der Waals surface area contributed by atoms with Gasteiger partial charge in [0.1, 0.15) is 36.8 Å². The molecule has 10 atom stereocenters. The molecule has 0 saturated carbocycles. The van der Waals surface area contributed by atoms with E-state index < -0.39 is 107 Å². The zero-order valence-electron chi connectivity index (χ0n) is 35.9. The number of benzene rings is 1. The van der Waals surface area contributed by atoms with E-state index in [0.717, 1.165) is 6.33 Å². The van der Waals surface area contributed by atoms with Crippen molar-refractivity contribution in [2.75, 3.05) is 23.8 Å². The maximum atomic E-state index is 16.8. The number of amides is 2. The molecular formula is C37H46FN10O12P2S2Si-. The minimum atomic E-state index is -4.64. The number of hydrogen-bond donors (Lipinski definition) is 4. The summed E-state index contributed by atoms with van der Waals surface area (Å²) in [6.07, 6.45) is -8.25. The number of aromatic nitrogens is 8. The van der Waals surface area contributed by atoms with Crippen molar-refractivity contribution in [3.8, 4) is 0 Å². The first-order chi connectivity index (χ1) is 30.5. The topological polar surface area (TPSA) is 267 Å². The van der Waals surface area contributed by atoms with Crippen molar-refractivity contribution >= 4 is 91.8 Å². The van der Waals surface area contributed by atoms with Gasteiger partial charge in [-0.1, -0.05) is 52.8 Å². The van der Waals surface area contributed by atoms with Crippen LogP contribution in [0.2, 0.25) is 18.1 Å². The molecule has 5 aromatic rings. The van der Waals surface area contributed by atoms with Crippen LogP contribution in [0.15, 0.2) is 54.1 Å². The van der Waals surface area contributed by atoms with Crippen LogP contribution in [-0.2, 0) is 65.4 Å². The van der Waals surface area contributed by atoms with Gasteiger partial charge in [-0.05, 0) is 42.1 Å². The first kappa shape index (κ1) is 47.6. The summed E-state index contributed by atoms with van der Waals surface area (Å²) >= 11 is 10.9. The molecule has 0 aliphatic carbocycles. The number of alkyl halides is 1. The van der Waals surface area contributed by atoms with E-state index in [1.165, 1.54) is 21.8 Å². The third kappa shape index (κ3) is 9.78. The fraction of sp³-hybridized carbons (Fsp3) is 0.514. The normalized spacial score (nSPS) is 30.1. The molecular weight excluding hydrogens is 950 g/mol. The fourth-order valence-corrected chi connectivity index (χ4v) is 11.2. The molecule has 28 heteroatoms. The first-order valence-corrected chi connectivity index (χ1v) is 28.3. The van der Waals surface area contributed by atoms with E-state index in [2.05, 4.69) is 40.5 Å². The molecule has 4 aromatic heterocycles. The predicted molar refractivity (Wildman–Crippen MR) is 239 cm³/mol. The first-order valence-electron chi connectivity index (χ1n) is 20.3. The van der Waals surface area contributed by atoms with Gasteiger partial charge in [-0.3, -0.25) is 42.9 Å². The van der Waals surface area contributed by atoms with Gasteiger partial charge in [0.15, 0.2) is 61.9 Å². The quantitative estimate of drug-likeness (QED) is 0.0903. The van der Waals surface area contributed by atoms with E-state index in [-0.39, 0.29) is 39.1 Å². The summed E-state index contributed by atoms with van der Waals surface area (Å²) in [6, 6.07) is 8.39. The van der Waals surface area contributed by atoms with E-state index in [9.17, 15) is 23.8 Å². The molecule has 1 aromatic carbocycles. The van der Waals surface area contributed by atoms with Crippen molar-refractivity contribution in [3.05, 3.63) is 65.2 Å². The molecule has 3 aliphatic rings. The molecule has 0 spiro atoms. The molecule has 7 heterocycles. The summed E-state index contributed by atoms with van der Waals surface area (Å²) in [6.45, 7) is 2.93. The standard InChI is InChI=1S/C37H47FN10O12P2S2Si/c1-18(2)31(49)45-36-44-30-24(33(51)46-36)42-17-48(30)35-27-26(60-65(6,7)37(3,4)5)21(57-35)14-55-61(52,63)58-25-20(13-54-62(53,64)59-27)56-34(22(25)38)47-16-41-23-28(39-15-40-29(23)47)43-32(50)19-11-9-8-10-12-19/h8-12,15-18,20-22,25-27,34-35H,13-14H2,1-7H3,(H,52,63)(H,53,64)(H,39,40,43,50)(H2,44,45,46,49,51)/p-1/t20-,21-,22?,25+,26+,27?,34-,35-,61?,62?/m1/s1. The van der Waals surface area contributed by atoms with Gasteiger partial charge in [0.25, 0.3) is 11.5 Å². The number of rotatable bonds is 8. The SMILES string of the molecule is CC(C)C(=O)Nc1nc2c(ncn2[C@@H]2O[C@@H]3COP(=O)([S-])O[C@@H]4C(F)[C@H](n5cnc6c(NC(=O)c7ccccc7)ncnc65)O[C@@H]4COP(O)(=S)OC2[C@H]3O[Si](C)(C)C(C)(C)C)c(=O)[nH]1. The molecule has 4 unspecified atom stereocenters. The van der Waals surface area contributed by atoms with Crippen LogP contribution in [0, 0.1) is 5.92 Å². The van der Waals surface area contributed by atoms with Gasteiger partial charge in [-0.25, -0.2) is 24.3 Å². The number of fused-ring (bicyclic) bond motifs is 5. The third-order valence-electron chi connectivity index (χ3n) is 11.5. The number of halogens is 1. The molecule has 2 bridgehead atoms. The number of hydrogen-bond acceptors (Lipinski definition) is 18. The van der Waals surface area contributed by atoms with Gasteiger partial charge in [-0.15, -0.1) is 0 Å². The number of anilines is 2. The predicted octanol–water partition coefficient (Wildman–Crippen LogP) is 5.02. The zero-order chi connectivity index (χ0) is 46.8. The van der Waals surface area contributed by atoms with Crippen molar-refractivity contribution in [1.29, 1.82) is 0 Å². The lowest BCUT2D eigenvalue weighted by Crippen LogP contribution is -2.50. The molecule has 8 rings (SSSR count). The molecule has 22 nitrogen and oxygen atoms in total. The van der Waals surface area contributed by atoms with Gasteiger partial charge in [0.2, 0.25) is 11.9 Å². The molecule has 65 heavy (non-hydrogen) atoms. The van der Waals surface area contributed by atoms with Crippen molar-refractivity contribution in [2.45, 2.75) is 102 Å². The van der Waals surface area contributed by atoms with Crippen LogP contribution in [0.25, 0.3) is 22.3 Å². The number of nitrogens with one attached hydrogen (secondary N) is 3. The van der Waals surface area contributed by atoms with Gasteiger partial charge >= 0.3 is 6.72 Å². The Morgan fingerprint density at radius 1 is 0.969 bits per heavy atom. The highest BCUT2D eigenvalue weighted by Gasteiger charge is 2.55. The average Bonchev–Trinajstić information content (AvgIpc) is 4.00.